The minimum Gasteiger partial charge on any atom is -0.378 e. The van der Waals surface area contributed by atoms with E-state index < -0.39 is 0 Å². The molecule has 0 aromatic carbocycles. The van der Waals surface area contributed by atoms with E-state index in [1.165, 1.54) is 12.8 Å². The van der Waals surface area contributed by atoms with E-state index in [9.17, 15) is 4.79 Å². The molecule has 2 aliphatic carbocycles. The van der Waals surface area contributed by atoms with Crippen LogP contribution in [0.2, 0.25) is 0 Å². The molecular formula is C22H32N4O3. The normalized spacial score (nSPS) is 26.2. The lowest BCUT2D eigenvalue weighted by Crippen LogP contribution is -2.46. The first-order valence-corrected chi connectivity index (χ1v) is 10.9. The number of amides is 1. The number of nitrogens with one attached hydrogen (secondary N) is 1. The van der Waals surface area contributed by atoms with Crippen molar-refractivity contribution in [2.75, 3.05) is 13.7 Å². The van der Waals surface area contributed by atoms with Crippen molar-refractivity contribution in [3.63, 3.8) is 0 Å². The fraction of sp³-hybridized carbons (Fsp3) is 0.682. The number of aryl methyl sites for hydroxylation is 1. The van der Waals surface area contributed by atoms with Gasteiger partial charge in [0.05, 0.1) is 18.4 Å². The van der Waals surface area contributed by atoms with Crippen molar-refractivity contribution in [2.24, 2.45) is 11.8 Å². The SMILES string of the molecule is CCCCO[C@@H]1CC2CC[C@H](C1)[C@@H]2NC(=O)c1ncn2c(COC)cc(C)nc12. The number of unbranched alkanes of at least 4 members (excludes halogenated alkanes) is 1. The molecule has 2 fully saturated rings. The van der Waals surface area contributed by atoms with E-state index >= 15 is 0 Å². The van der Waals surface area contributed by atoms with Gasteiger partial charge in [0.15, 0.2) is 11.3 Å². The largest absolute Gasteiger partial charge is 0.378 e. The van der Waals surface area contributed by atoms with E-state index in [1.54, 1.807) is 13.4 Å². The number of hydrogen-bond acceptors (Lipinski definition) is 5. The molecular weight excluding hydrogens is 368 g/mol. The predicted octanol–water partition coefficient (Wildman–Crippen LogP) is 3.29. The summed E-state index contributed by atoms with van der Waals surface area (Å²) >= 11 is 0. The lowest BCUT2D eigenvalue weighted by molar-refractivity contribution is -0.00121. The molecule has 29 heavy (non-hydrogen) atoms. The number of carbonyl (C=O) groups is 1. The van der Waals surface area contributed by atoms with Gasteiger partial charge < -0.3 is 14.8 Å². The first-order valence-electron chi connectivity index (χ1n) is 10.9. The number of nitrogens with zero attached hydrogens (tertiary/aromatic N) is 3. The molecule has 4 rings (SSSR count). The first kappa shape index (κ1) is 20.3. The Morgan fingerprint density at radius 3 is 2.76 bits per heavy atom. The van der Waals surface area contributed by atoms with Gasteiger partial charge >= 0.3 is 0 Å². The molecule has 7 heteroatoms. The third kappa shape index (κ3) is 4.16. The number of hydrogen-bond donors (Lipinski definition) is 1. The molecule has 1 amide bonds. The van der Waals surface area contributed by atoms with Gasteiger partial charge in [0, 0.05) is 25.5 Å². The van der Waals surface area contributed by atoms with Crippen molar-refractivity contribution >= 4 is 11.6 Å². The van der Waals surface area contributed by atoms with Crippen LogP contribution in [-0.4, -0.2) is 46.1 Å². The average molecular weight is 401 g/mol. The Morgan fingerprint density at radius 1 is 1.31 bits per heavy atom. The third-order valence-corrected chi connectivity index (χ3v) is 6.42. The van der Waals surface area contributed by atoms with Crippen LogP contribution >= 0.6 is 0 Å². The number of ether oxygens (including phenoxy) is 2. The Hall–Kier alpha value is -1.99. The molecule has 2 saturated carbocycles. The van der Waals surface area contributed by atoms with Gasteiger partial charge in [-0.25, -0.2) is 9.97 Å². The maximum absolute atomic E-state index is 13.1. The Balaban J connectivity index is 1.47. The minimum atomic E-state index is -0.124. The summed E-state index contributed by atoms with van der Waals surface area (Å²) in [6.45, 7) is 5.41. The maximum atomic E-state index is 13.1. The maximum Gasteiger partial charge on any atom is 0.274 e. The Bertz CT molecular complexity index is 851. The molecule has 2 aromatic rings. The third-order valence-electron chi connectivity index (χ3n) is 6.42. The number of aromatic nitrogens is 3. The zero-order chi connectivity index (χ0) is 20.4. The lowest BCUT2D eigenvalue weighted by atomic mass is 9.82. The van der Waals surface area contributed by atoms with Crippen LogP contribution < -0.4 is 5.32 Å². The monoisotopic (exact) mass is 400 g/mol. The highest BCUT2D eigenvalue weighted by atomic mass is 16.5. The predicted molar refractivity (Wildman–Crippen MR) is 110 cm³/mol. The van der Waals surface area contributed by atoms with Gasteiger partial charge in [-0.1, -0.05) is 13.3 Å². The first-order chi connectivity index (χ1) is 14.1. The Morgan fingerprint density at radius 2 is 2.07 bits per heavy atom. The molecule has 4 atom stereocenters. The molecule has 158 valence electrons. The van der Waals surface area contributed by atoms with E-state index in [0.717, 1.165) is 43.7 Å². The lowest BCUT2D eigenvalue weighted by Gasteiger charge is -2.35. The van der Waals surface area contributed by atoms with Gasteiger partial charge in [-0.3, -0.25) is 9.20 Å². The number of carbonyl (C=O) groups excluding carboxylic acids is 1. The molecule has 2 aromatic heterocycles. The topological polar surface area (TPSA) is 77.8 Å². The van der Waals surface area contributed by atoms with Gasteiger partial charge in [0.2, 0.25) is 0 Å². The van der Waals surface area contributed by atoms with E-state index in [-0.39, 0.29) is 11.9 Å². The van der Waals surface area contributed by atoms with Crippen LogP contribution in [0.1, 0.15) is 67.3 Å². The Labute approximate surface area is 172 Å². The van der Waals surface area contributed by atoms with Crippen LogP contribution in [0.4, 0.5) is 0 Å². The summed E-state index contributed by atoms with van der Waals surface area (Å²) in [5.41, 5.74) is 2.78. The summed E-state index contributed by atoms with van der Waals surface area (Å²) in [5, 5.41) is 3.29. The van der Waals surface area contributed by atoms with E-state index in [0.29, 0.717) is 35.9 Å². The van der Waals surface area contributed by atoms with Crippen LogP contribution in [-0.2, 0) is 16.1 Å². The molecule has 2 heterocycles. The Kier molecular flexibility index (Phi) is 6.15. The molecule has 0 spiro atoms. The quantitative estimate of drug-likeness (QED) is 0.688. The number of methoxy groups -OCH3 is 1. The number of imidazole rings is 1. The standard InChI is InChI=1S/C22H32N4O3/c1-4-5-8-29-18-10-15-6-7-16(11-18)19(15)25-22(27)20-21-24-14(2)9-17(12-28-3)26(21)13-23-20/h9,13,15-16,18-19H,4-8,10-12H2,1-3H3,(H,25,27)/t15-,16?,18+,19+/m1/s1. The van der Waals surface area contributed by atoms with Crippen molar-refractivity contribution in [3.05, 3.63) is 29.5 Å². The highest BCUT2D eigenvalue weighted by Gasteiger charge is 2.44. The van der Waals surface area contributed by atoms with Crippen molar-refractivity contribution in [1.82, 2.24) is 19.7 Å². The molecule has 2 aliphatic rings. The second-order valence-corrected chi connectivity index (χ2v) is 8.52. The zero-order valence-electron chi connectivity index (χ0n) is 17.7. The van der Waals surface area contributed by atoms with Crippen LogP contribution in [0.5, 0.6) is 0 Å². The summed E-state index contributed by atoms with van der Waals surface area (Å²) in [6, 6.07) is 2.17. The average Bonchev–Trinajstić information content (AvgIpc) is 3.20. The zero-order valence-corrected chi connectivity index (χ0v) is 17.7. The van der Waals surface area contributed by atoms with Gasteiger partial charge in [0.25, 0.3) is 5.91 Å². The van der Waals surface area contributed by atoms with Crippen molar-refractivity contribution in [2.45, 2.75) is 71.1 Å². The summed E-state index contributed by atoms with van der Waals surface area (Å²) < 4.78 is 13.2. The summed E-state index contributed by atoms with van der Waals surface area (Å²) in [5.74, 6) is 0.870. The van der Waals surface area contributed by atoms with Crippen molar-refractivity contribution < 1.29 is 14.3 Å². The summed E-state index contributed by atoms with van der Waals surface area (Å²) in [4.78, 5) is 22.0. The van der Waals surface area contributed by atoms with Crippen LogP contribution in [0.3, 0.4) is 0 Å². The van der Waals surface area contributed by atoms with Crippen LogP contribution in [0.25, 0.3) is 5.65 Å². The van der Waals surface area contributed by atoms with E-state index in [4.69, 9.17) is 9.47 Å². The van der Waals surface area contributed by atoms with Crippen molar-refractivity contribution in [3.8, 4) is 0 Å². The van der Waals surface area contributed by atoms with Gasteiger partial charge in [-0.2, -0.15) is 0 Å². The van der Waals surface area contributed by atoms with E-state index in [2.05, 4.69) is 22.2 Å². The highest BCUT2D eigenvalue weighted by molar-refractivity contribution is 5.98. The molecule has 2 bridgehead atoms. The highest BCUT2D eigenvalue weighted by Crippen LogP contribution is 2.43. The molecule has 1 N–H and O–H groups in total. The summed E-state index contributed by atoms with van der Waals surface area (Å²) in [7, 11) is 1.66. The fourth-order valence-corrected chi connectivity index (χ4v) is 5.05. The number of fused-ring (bicyclic) bond motifs is 3. The van der Waals surface area contributed by atoms with Crippen LogP contribution in [0, 0.1) is 18.8 Å². The smallest absolute Gasteiger partial charge is 0.274 e. The van der Waals surface area contributed by atoms with Crippen LogP contribution in [0.15, 0.2) is 12.4 Å². The fourth-order valence-electron chi connectivity index (χ4n) is 5.05. The number of rotatable bonds is 8. The molecule has 7 nitrogen and oxygen atoms in total. The summed E-state index contributed by atoms with van der Waals surface area (Å²) in [6.07, 6.45) is 8.73. The second kappa shape index (κ2) is 8.79. The molecule has 0 saturated heterocycles. The molecule has 0 aliphatic heterocycles. The van der Waals surface area contributed by atoms with Gasteiger partial charge in [-0.15, -0.1) is 0 Å². The van der Waals surface area contributed by atoms with Gasteiger partial charge in [-0.05, 0) is 56.9 Å². The van der Waals surface area contributed by atoms with Gasteiger partial charge in [0.1, 0.15) is 6.33 Å². The van der Waals surface area contributed by atoms with Crippen molar-refractivity contribution in [1.29, 1.82) is 0 Å². The second-order valence-electron chi connectivity index (χ2n) is 8.52. The minimum absolute atomic E-state index is 0.124. The molecule has 1 unspecified atom stereocenters. The molecule has 0 radical (unpaired) electrons. The van der Waals surface area contributed by atoms with E-state index in [1.807, 2.05) is 17.4 Å².